The van der Waals surface area contributed by atoms with Crippen LogP contribution in [0.1, 0.15) is 11.5 Å². The molecule has 2 aliphatic heterocycles. The molecule has 0 saturated heterocycles. The van der Waals surface area contributed by atoms with Crippen molar-refractivity contribution in [1.29, 1.82) is 0 Å². The van der Waals surface area contributed by atoms with Gasteiger partial charge >= 0.3 is 17.2 Å². The third kappa shape index (κ3) is 3.33. The van der Waals surface area contributed by atoms with Crippen molar-refractivity contribution < 1.29 is 23.9 Å². The van der Waals surface area contributed by atoms with Crippen LogP contribution < -0.4 is 0 Å². The maximum Gasteiger partial charge on any atom is 0.345 e. The molecule has 6 nitrogen and oxygen atoms in total. The molecular weight excluding hydrogens is 386 g/mol. The van der Waals surface area contributed by atoms with Gasteiger partial charge in [-0.1, -0.05) is 47.3 Å². The van der Waals surface area contributed by atoms with Crippen molar-refractivity contribution in [2.75, 3.05) is 14.2 Å². The summed E-state index contributed by atoms with van der Waals surface area (Å²) in [6, 6.07) is 6.87. The van der Waals surface area contributed by atoms with Gasteiger partial charge < -0.3 is 9.47 Å². The van der Waals surface area contributed by atoms with Crippen LogP contribution in [0.25, 0.3) is 0 Å². The first-order valence-corrected chi connectivity index (χ1v) is 9.17. The zero-order valence-electron chi connectivity index (χ0n) is 13.1. The maximum absolute atomic E-state index is 12.5. The molecule has 25 heavy (non-hydrogen) atoms. The van der Waals surface area contributed by atoms with E-state index >= 15 is 0 Å². The Balaban J connectivity index is 2.21. The van der Waals surface area contributed by atoms with Crippen molar-refractivity contribution in [3.8, 4) is 0 Å². The van der Waals surface area contributed by atoms with Crippen LogP contribution in [0.3, 0.4) is 0 Å². The van der Waals surface area contributed by atoms with Crippen molar-refractivity contribution in [2.24, 2.45) is 4.99 Å². The minimum atomic E-state index is -0.671. The number of benzene rings is 1. The Bertz CT molecular complexity index is 818. The molecule has 0 radical (unpaired) electrons. The van der Waals surface area contributed by atoms with E-state index in [4.69, 9.17) is 21.1 Å². The van der Waals surface area contributed by atoms with E-state index in [1.165, 1.54) is 14.2 Å². The highest BCUT2D eigenvalue weighted by Gasteiger charge is 2.47. The van der Waals surface area contributed by atoms with Gasteiger partial charge in [0.2, 0.25) is 0 Å². The van der Waals surface area contributed by atoms with E-state index < -0.39 is 23.1 Å². The summed E-state index contributed by atoms with van der Waals surface area (Å²) in [6.07, 6.45) is 0. The number of aliphatic imine (C=N–C) groups is 1. The van der Waals surface area contributed by atoms with Crippen LogP contribution in [-0.2, 0) is 19.1 Å². The number of thioether (sulfide) groups is 2. The van der Waals surface area contributed by atoms with Crippen molar-refractivity contribution in [1.82, 2.24) is 0 Å². The van der Waals surface area contributed by atoms with Gasteiger partial charge in [0, 0.05) is 10.9 Å². The summed E-state index contributed by atoms with van der Waals surface area (Å²) in [5, 5.41) is 0.251. The second kappa shape index (κ2) is 7.23. The fraction of sp³-hybridized carbons (Fsp3) is 0.250. The molecule has 0 aromatic heterocycles. The lowest BCUT2D eigenvalue weighted by Gasteiger charge is -2.30. The molecule has 0 bridgehead atoms. The van der Waals surface area contributed by atoms with Gasteiger partial charge in [0.1, 0.15) is 4.91 Å². The summed E-state index contributed by atoms with van der Waals surface area (Å²) in [4.78, 5) is 40.6. The zero-order valence-corrected chi connectivity index (χ0v) is 15.5. The van der Waals surface area contributed by atoms with Crippen LogP contribution in [0, 0.1) is 0 Å². The molecule has 1 aromatic carbocycles. The molecule has 2 unspecified atom stereocenters. The molecule has 2 heterocycles. The smallest absolute Gasteiger partial charge is 0.345 e. The van der Waals surface area contributed by atoms with Crippen LogP contribution in [0.2, 0.25) is 5.02 Å². The Labute approximate surface area is 157 Å². The minimum Gasteiger partial charge on any atom is -0.466 e. The molecule has 3 rings (SSSR count). The van der Waals surface area contributed by atoms with Crippen LogP contribution in [0.5, 0.6) is 0 Å². The molecule has 0 saturated carbocycles. The van der Waals surface area contributed by atoms with Crippen molar-refractivity contribution >= 4 is 57.3 Å². The summed E-state index contributed by atoms with van der Waals surface area (Å²) in [7, 11) is 2.47. The van der Waals surface area contributed by atoms with Crippen LogP contribution in [0.15, 0.2) is 39.7 Å². The molecule has 130 valence electrons. The highest BCUT2D eigenvalue weighted by Crippen LogP contribution is 2.50. The van der Waals surface area contributed by atoms with Crippen LogP contribution in [0.4, 0.5) is 4.79 Å². The average Bonchev–Trinajstić information content (AvgIpc) is 2.99. The quantitative estimate of drug-likeness (QED) is 0.723. The van der Waals surface area contributed by atoms with Crippen molar-refractivity contribution in [2.45, 2.75) is 11.2 Å². The number of hydrogen-bond acceptors (Lipinski definition) is 7. The number of rotatable bonds is 3. The van der Waals surface area contributed by atoms with Gasteiger partial charge in [-0.3, -0.25) is 4.79 Å². The molecule has 1 aromatic rings. The molecule has 2 atom stereocenters. The Morgan fingerprint density at radius 2 is 1.76 bits per heavy atom. The number of nitrogens with zero attached hydrogens (tertiary/aromatic N) is 1. The third-order valence-electron chi connectivity index (χ3n) is 3.74. The molecular formula is C16H12ClNO5S2. The SMILES string of the molecule is COC(=O)C1=C(C(=O)OC)C(c2ccc(Cl)cc2)C2SC(=O)N=C2S1. The van der Waals surface area contributed by atoms with E-state index in [1.54, 1.807) is 24.3 Å². The van der Waals surface area contributed by atoms with Gasteiger partial charge in [0.25, 0.3) is 0 Å². The first kappa shape index (κ1) is 18.0. The number of esters is 2. The second-order valence-corrected chi connectivity index (χ2v) is 7.67. The zero-order chi connectivity index (χ0) is 18.1. The maximum atomic E-state index is 12.5. The lowest BCUT2D eigenvalue weighted by molar-refractivity contribution is -0.139. The summed E-state index contributed by atoms with van der Waals surface area (Å²) in [5.41, 5.74) is 0.888. The fourth-order valence-electron chi connectivity index (χ4n) is 2.67. The van der Waals surface area contributed by atoms with Gasteiger partial charge in [0.05, 0.1) is 30.1 Å². The summed E-state index contributed by atoms with van der Waals surface area (Å²) in [5.74, 6) is -1.89. The number of amides is 1. The monoisotopic (exact) mass is 397 g/mol. The van der Waals surface area contributed by atoms with E-state index in [0.717, 1.165) is 29.1 Å². The van der Waals surface area contributed by atoms with E-state index in [2.05, 4.69) is 4.99 Å². The molecule has 1 amide bonds. The fourth-order valence-corrected chi connectivity index (χ4v) is 5.17. The topological polar surface area (TPSA) is 82.0 Å². The highest BCUT2D eigenvalue weighted by atomic mass is 35.5. The number of fused-ring (bicyclic) bond motifs is 1. The van der Waals surface area contributed by atoms with Crippen LogP contribution >= 0.6 is 35.1 Å². The summed E-state index contributed by atoms with van der Waals surface area (Å²) in [6.45, 7) is 0. The lowest BCUT2D eigenvalue weighted by atomic mass is 9.87. The summed E-state index contributed by atoms with van der Waals surface area (Å²) < 4.78 is 9.69. The van der Waals surface area contributed by atoms with Gasteiger partial charge in [0.15, 0.2) is 0 Å². The minimum absolute atomic E-state index is 0.0830. The Hall–Kier alpha value is -1.77. The predicted molar refractivity (Wildman–Crippen MR) is 97.1 cm³/mol. The average molecular weight is 398 g/mol. The number of halogens is 1. The van der Waals surface area contributed by atoms with Crippen molar-refractivity contribution in [3.05, 3.63) is 45.3 Å². The Kier molecular flexibility index (Phi) is 5.21. The Morgan fingerprint density at radius 1 is 1.12 bits per heavy atom. The standard InChI is InChI=1S/C16H12ClNO5S2/c1-22-14(19)10-9(7-3-5-8(17)6-4-7)11-13(18-16(21)25-11)24-12(10)15(20)23-2/h3-6,9,11H,1-2H3. The highest BCUT2D eigenvalue weighted by molar-refractivity contribution is 8.23. The molecule has 0 N–H and O–H groups in total. The first-order valence-electron chi connectivity index (χ1n) is 7.09. The lowest BCUT2D eigenvalue weighted by Crippen LogP contribution is -2.32. The predicted octanol–water partition coefficient (Wildman–Crippen LogP) is 3.40. The number of carbonyl (C=O) groups excluding carboxylic acids is 3. The van der Waals surface area contributed by atoms with Gasteiger partial charge in [-0.15, -0.1) is 0 Å². The first-order chi connectivity index (χ1) is 12.0. The summed E-state index contributed by atoms with van der Waals surface area (Å²) >= 11 is 7.95. The number of carbonyl (C=O) groups is 3. The number of hydrogen-bond donors (Lipinski definition) is 0. The van der Waals surface area contributed by atoms with Gasteiger partial charge in [-0.2, -0.15) is 4.99 Å². The van der Waals surface area contributed by atoms with Crippen LogP contribution in [-0.4, -0.2) is 41.7 Å². The van der Waals surface area contributed by atoms with E-state index in [0.29, 0.717) is 10.1 Å². The molecule has 2 aliphatic rings. The normalized spacial score (nSPS) is 22.4. The largest absolute Gasteiger partial charge is 0.466 e. The van der Waals surface area contributed by atoms with Crippen molar-refractivity contribution in [3.63, 3.8) is 0 Å². The Morgan fingerprint density at radius 3 is 2.36 bits per heavy atom. The van der Waals surface area contributed by atoms with Gasteiger partial charge in [-0.05, 0) is 17.7 Å². The molecule has 0 spiro atoms. The number of ether oxygens (including phenoxy) is 2. The van der Waals surface area contributed by atoms with E-state index in [1.807, 2.05) is 0 Å². The van der Waals surface area contributed by atoms with E-state index in [-0.39, 0.29) is 15.7 Å². The molecule has 9 heteroatoms. The molecule has 0 fully saturated rings. The third-order valence-corrected chi connectivity index (χ3v) is 6.33. The van der Waals surface area contributed by atoms with Gasteiger partial charge in [-0.25, -0.2) is 9.59 Å². The second-order valence-electron chi connectivity index (χ2n) is 5.11. The van der Waals surface area contributed by atoms with E-state index in [9.17, 15) is 14.4 Å². The molecule has 0 aliphatic carbocycles. The number of methoxy groups -OCH3 is 2.